The number of carbonyl (C=O) groups is 2. The molecule has 2 amide bonds. The normalized spacial score (nSPS) is 16.0. The van der Waals surface area contributed by atoms with E-state index in [4.69, 9.17) is 4.74 Å². The van der Waals surface area contributed by atoms with Gasteiger partial charge in [-0.25, -0.2) is 4.79 Å². The Bertz CT molecular complexity index is 680. The van der Waals surface area contributed by atoms with E-state index in [1.165, 1.54) is 0 Å². The Labute approximate surface area is 122 Å². The minimum Gasteiger partial charge on any atom is -0.448 e. The molecule has 6 heteroatoms. The van der Waals surface area contributed by atoms with Gasteiger partial charge >= 0.3 is 6.09 Å². The van der Waals surface area contributed by atoms with E-state index in [1.807, 2.05) is 31.3 Å². The summed E-state index contributed by atoms with van der Waals surface area (Å²) in [4.78, 5) is 28.4. The number of rotatable bonds is 4. The number of H-pyrrole nitrogens is 1. The molecular formula is C15H17N3O3. The van der Waals surface area contributed by atoms with Crippen molar-refractivity contribution in [2.75, 3.05) is 19.7 Å². The summed E-state index contributed by atoms with van der Waals surface area (Å²) in [5, 5.41) is 3.92. The molecule has 0 bridgehead atoms. The molecule has 1 aromatic heterocycles. The lowest BCUT2D eigenvalue weighted by molar-refractivity contribution is 0.0932. The number of cyclic esters (lactones) is 1. The van der Waals surface area contributed by atoms with E-state index in [0.29, 0.717) is 25.3 Å². The Morgan fingerprint density at radius 2 is 2.33 bits per heavy atom. The van der Waals surface area contributed by atoms with Crippen molar-refractivity contribution in [2.24, 2.45) is 0 Å². The predicted molar refractivity (Wildman–Crippen MR) is 78.1 cm³/mol. The van der Waals surface area contributed by atoms with Crippen molar-refractivity contribution in [2.45, 2.75) is 13.0 Å². The van der Waals surface area contributed by atoms with Gasteiger partial charge in [-0.3, -0.25) is 4.79 Å². The molecule has 0 spiro atoms. The summed E-state index contributed by atoms with van der Waals surface area (Å²) in [5.74, 6) is -0.150. The van der Waals surface area contributed by atoms with Crippen LogP contribution in [-0.4, -0.2) is 47.6 Å². The molecular weight excluding hydrogens is 270 g/mol. The predicted octanol–water partition coefficient (Wildman–Crippen LogP) is 1.74. The van der Waals surface area contributed by atoms with Gasteiger partial charge in [-0.1, -0.05) is 12.1 Å². The summed E-state index contributed by atoms with van der Waals surface area (Å²) < 4.78 is 4.87. The molecule has 6 nitrogen and oxygen atoms in total. The largest absolute Gasteiger partial charge is 0.448 e. The quantitative estimate of drug-likeness (QED) is 0.899. The average molecular weight is 287 g/mol. The molecule has 21 heavy (non-hydrogen) atoms. The molecule has 2 heterocycles. The third-order valence-corrected chi connectivity index (χ3v) is 3.55. The Morgan fingerprint density at radius 3 is 3.10 bits per heavy atom. The lowest BCUT2D eigenvalue weighted by Gasteiger charge is -2.19. The van der Waals surface area contributed by atoms with Crippen LogP contribution in [-0.2, 0) is 4.74 Å². The summed E-state index contributed by atoms with van der Waals surface area (Å²) in [5.41, 5.74) is 1.43. The fourth-order valence-electron chi connectivity index (χ4n) is 2.54. The number of aromatic nitrogens is 1. The number of amides is 2. The Balaban J connectivity index is 1.68. The minimum absolute atomic E-state index is 0.145. The van der Waals surface area contributed by atoms with Gasteiger partial charge in [0.1, 0.15) is 6.61 Å². The van der Waals surface area contributed by atoms with Gasteiger partial charge in [-0.2, -0.15) is 0 Å². The van der Waals surface area contributed by atoms with Gasteiger partial charge in [-0.05, 0) is 19.1 Å². The molecule has 0 saturated carbocycles. The highest BCUT2D eigenvalue weighted by Crippen LogP contribution is 2.17. The molecule has 1 fully saturated rings. The highest BCUT2D eigenvalue weighted by Gasteiger charge is 2.24. The van der Waals surface area contributed by atoms with Crippen molar-refractivity contribution in [3.8, 4) is 0 Å². The summed E-state index contributed by atoms with van der Waals surface area (Å²) in [7, 11) is 0. The van der Waals surface area contributed by atoms with E-state index >= 15 is 0 Å². The van der Waals surface area contributed by atoms with Gasteiger partial charge in [0.05, 0.1) is 17.6 Å². The van der Waals surface area contributed by atoms with Crippen LogP contribution in [0.5, 0.6) is 0 Å². The maximum Gasteiger partial charge on any atom is 0.410 e. The Kier molecular flexibility index (Phi) is 3.51. The minimum atomic E-state index is -0.317. The monoisotopic (exact) mass is 287 g/mol. The van der Waals surface area contributed by atoms with Crippen LogP contribution < -0.4 is 5.32 Å². The van der Waals surface area contributed by atoms with Gasteiger partial charge in [0.15, 0.2) is 0 Å². The van der Waals surface area contributed by atoms with Crippen LogP contribution in [0.4, 0.5) is 4.79 Å². The fraction of sp³-hybridized carbons (Fsp3) is 0.333. The number of fused-ring (bicyclic) bond motifs is 1. The highest BCUT2D eigenvalue weighted by molar-refractivity contribution is 6.05. The maximum absolute atomic E-state index is 12.4. The molecule has 2 aromatic rings. The number of aromatic amines is 1. The van der Waals surface area contributed by atoms with Crippen LogP contribution in [0.2, 0.25) is 0 Å². The number of benzene rings is 1. The third-order valence-electron chi connectivity index (χ3n) is 3.55. The first-order valence-corrected chi connectivity index (χ1v) is 6.94. The lowest BCUT2D eigenvalue weighted by atomic mass is 10.1. The van der Waals surface area contributed by atoms with Crippen LogP contribution >= 0.6 is 0 Å². The molecule has 1 aliphatic rings. The van der Waals surface area contributed by atoms with E-state index in [2.05, 4.69) is 10.3 Å². The number of hydrogen-bond donors (Lipinski definition) is 2. The molecule has 0 aliphatic carbocycles. The smallest absolute Gasteiger partial charge is 0.410 e. The summed E-state index contributed by atoms with van der Waals surface area (Å²) in [6.07, 6.45) is 1.49. The molecule has 1 saturated heterocycles. The first kappa shape index (κ1) is 13.5. The van der Waals surface area contributed by atoms with Crippen LogP contribution in [0.25, 0.3) is 10.9 Å². The third kappa shape index (κ3) is 2.69. The number of hydrogen-bond acceptors (Lipinski definition) is 3. The standard InChI is InChI=1S/C15H17N3O3/c1-10(9-18-7-8-21-15(18)20)17-14(19)12-4-2-3-11-5-6-16-13(11)12/h2-6,10,16H,7-9H2,1H3,(H,17,19)/t10-/m0/s1. The van der Waals surface area contributed by atoms with Crippen LogP contribution in [0, 0.1) is 0 Å². The van der Waals surface area contributed by atoms with Crippen LogP contribution in [0.3, 0.4) is 0 Å². The van der Waals surface area contributed by atoms with Crippen molar-refractivity contribution < 1.29 is 14.3 Å². The summed E-state index contributed by atoms with van der Waals surface area (Å²) in [6.45, 7) is 3.32. The van der Waals surface area contributed by atoms with Crippen molar-refractivity contribution in [1.82, 2.24) is 15.2 Å². The van der Waals surface area contributed by atoms with Gasteiger partial charge in [0, 0.05) is 24.2 Å². The van der Waals surface area contributed by atoms with E-state index in [0.717, 1.165) is 10.9 Å². The number of carbonyl (C=O) groups excluding carboxylic acids is 2. The second kappa shape index (κ2) is 5.47. The molecule has 1 aliphatic heterocycles. The van der Waals surface area contributed by atoms with Crippen molar-refractivity contribution in [1.29, 1.82) is 0 Å². The topological polar surface area (TPSA) is 74.4 Å². The fourth-order valence-corrected chi connectivity index (χ4v) is 2.54. The molecule has 1 atom stereocenters. The lowest BCUT2D eigenvalue weighted by Crippen LogP contribution is -2.42. The molecule has 1 aromatic carbocycles. The van der Waals surface area contributed by atoms with Crippen LogP contribution in [0.15, 0.2) is 30.5 Å². The van der Waals surface area contributed by atoms with E-state index in [-0.39, 0.29) is 18.0 Å². The zero-order valence-electron chi connectivity index (χ0n) is 11.8. The van der Waals surface area contributed by atoms with Crippen molar-refractivity contribution in [3.63, 3.8) is 0 Å². The second-order valence-electron chi connectivity index (χ2n) is 5.18. The van der Waals surface area contributed by atoms with Gasteiger partial charge in [-0.15, -0.1) is 0 Å². The van der Waals surface area contributed by atoms with Gasteiger partial charge < -0.3 is 19.9 Å². The van der Waals surface area contributed by atoms with Gasteiger partial charge in [0.25, 0.3) is 5.91 Å². The first-order chi connectivity index (χ1) is 10.1. The summed E-state index contributed by atoms with van der Waals surface area (Å²) >= 11 is 0. The number of nitrogens with one attached hydrogen (secondary N) is 2. The second-order valence-corrected chi connectivity index (χ2v) is 5.18. The molecule has 0 unspecified atom stereocenters. The first-order valence-electron chi connectivity index (χ1n) is 6.94. The summed E-state index contributed by atoms with van der Waals surface area (Å²) in [6, 6.07) is 7.37. The molecule has 3 rings (SSSR count). The number of nitrogens with zero attached hydrogens (tertiary/aromatic N) is 1. The van der Waals surface area contributed by atoms with E-state index in [9.17, 15) is 9.59 Å². The van der Waals surface area contributed by atoms with Gasteiger partial charge in [0.2, 0.25) is 0 Å². The van der Waals surface area contributed by atoms with E-state index in [1.54, 1.807) is 11.0 Å². The molecule has 0 radical (unpaired) electrons. The zero-order chi connectivity index (χ0) is 14.8. The average Bonchev–Trinajstić information content (AvgIpc) is 3.07. The zero-order valence-corrected chi connectivity index (χ0v) is 11.8. The van der Waals surface area contributed by atoms with E-state index < -0.39 is 0 Å². The number of para-hydroxylation sites is 1. The number of ether oxygens (including phenoxy) is 1. The van der Waals surface area contributed by atoms with Crippen molar-refractivity contribution >= 4 is 22.9 Å². The Morgan fingerprint density at radius 1 is 1.48 bits per heavy atom. The molecule has 2 N–H and O–H groups in total. The highest BCUT2D eigenvalue weighted by atomic mass is 16.6. The maximum atomic E-state index is 12.4. The van der Waals surface area contributed by atoms with Crippen molar-refractivity contribution in [3.05, 3.63) is 36.0 Å². The SMILES string of the molecule is C[C@@H](CN1CCOC1=O)NC(=O)c1cccc2cc[nH]c12. The Hall–Kier alpha value is -2.50. The van der Waals surface area contributed by atoms with Crippen LogP contribution in [0.1, 0.15) is 17.3 Å². The molecule has 110 valence electrons.